The monoisotopic (exact) mass is 539 g/mol. The fraction of sp³-hybridized carbons (Fsp3) is 0.720. The lowest BCUT2D eigenvalue weighted by molar-refractivity contribution is 0.0526. The molecule has 6 heteroatoms. The number of benzene rings is 1. The largest absolute Gasteiger partial charge is 0.355 e. The number of halogens is 1. The lowest BCUT2D eigenvalue weighted by Gasteiger charge is -2.47. The van der Waals surface area contributed by atoms with Gasteiger partial charge < -0.3 is 20.9 Å². The zero-order chi connectivity index (χ0) is 21.0. The van der Waals surface area contributed by atoms with Gasteiger partial charge in [-0.2, -0.15) is 0 Å². The van der Waals surface area contributed by atoms with Crippen molar-refractivity contribution in [1.29, 1.82) is 0 Å². The zero-order valence-corrected chi connectivity index (χ0v) is 21.9. The number of fused-ring (bicyclic) bond motifs is 2. The van der Waals surface area contributed by atoms with Crippen LogP contribution in [-0.4, -0.2) is 55.2 Å². The molecule has 3 fully saturated rings. The standard InChI is InChI=1S/C25H41N5.HI/c1-19(20-10-5-4-6-11-20)29-25(14-7-8-15-25)18-27-24(26-2)28-21-16-22-12-9-13-23(17-21)30(22)3;/h4-6,10-11,19,21-23,29H,7-9,12-18H2,1-3H3,(H2,26,27,28);1H. The summed E-state index contributed by atoms with van der Waals surface area (Å²) in [5.74, 6) is 0.975. The van der Waals surface area contributed by atoms with E-state index in [0.29, 0.717) is 12.1 Å². The Kier molecular flexibility index (Phi) is 9.05. The number of rotatable bonds is 6. The second-order valence-corrected chi connectivity index (χ2v) is 9.91. The van der Waals surface area contributed by atoms with E-state index in [1.54, 1.807) is 0 Å². The number of piperidine rings is 2. The molecule has 0 aromatic heterocycles. The van der Waals surface area contributed by atoms with Crippen molar-refractivity contribution in [3.63, 3.8) is 0 Å². The molecule has 0 amide bonds. The normalized spacial score (nSPS) is 29.1. The molecule has 1 aromatic rings. The van der Waals surface area contributed by atoms with Crippen molar-refractivity contribution in [2.45, 2.75) is 94.4 Å². The molecule has 1 aromatic carbocycles. The maximum absolute atomic E-state index is 4.58. The number of hydrogen-bond acceptors (Lipinski definition) is 3. The summed E-state index contributed by atoms with van der Waals surface area (Å²) in [6, 6.07) is 13.2. The van der Waals surface area contributed by atoms with Crippen molar-refractivity contribution in [2.75, 3.05) is 20.6 Å². The van der Waals surface area contributed by atoms with Crippen molar-refractivity contribution in [3.8, 4) is 0 Å². The van der Waals surface area contributed by atoms with Crippen LogP contribution in [0.15, 0.2) is 35.3 Å². The summed E-state index contributed by atoms with van der Waals surface area (Å²) < 4.78 is 0. The van der Waals surface area contributed by atoms with Crippen LogP contribution in [0.2, 0.25) is 0 Å². The Morgan fingerprint density at radius 2 is 1.74 bits per heavy atom. The first-order valence-electron chi connectivity index (χ1n) is 12.1. The highest BCUT2D eigenvalue weighted by Crippen LogP contribution is 2.33. The first-order chi connectivity index (χ1) is 14.6. The van der Waals surface area contributed by atoms with Gasteiger partial charge in [-0.25, -0.2) is 0 Å². The molecule has 5 nitrogen and oxygen atoms in total. The van der Waals surface area contributed by atoms with Crippen LogP contribution in [0.1, 0.15) is 76.3 Å². The molecular formula is C25H42IN5. The first kappa shape index (κ1) is 24.8. The van der Waals surface area contributed by atoms with Crippen molar-refractivity contribution in [1.82, 2.24) is 20.9 Å². The van der Waals surface area contributed by atoms with Gasteiger partial charge in [0.15, 0.2) is 5.96 Å². The van der Waals surface area contributed by atoms with E-state index in [4.69, 9.17) is 0 Å². The molecule has 2 bridgehead atoms. The van der Waals surface area contributed by atoms with Crippen molar-refractivity contribution < 1.29 is 0 Å². The van der Waals surface area contributed by atoms with E-state index in [9.17, 15) is 0 Å². The molecule has 3 aliphatic rings. The van der Waals surface area contributed by atoms with E-state index in [1.807, 2.05) is 7.05 Å². The highest BCUT2D eigenvalue weighted by atomic mass is 127. The summed E-state index contributed by atoms with van der Waals surface area (Å²) >= 11 is 0. The topological polar surface area (TPSA) is 51.7 Å². The van der Waals surface area contributed by atoms with Gasteiger partial charge in [0.05, 0.1) is 0 Å². The van der Waals surface area contributed by atoms with Crippen LogP contribution in [0, 0.1) is 0 Å². The van der Waals surface area contributed by atoms with E-state index in [-0.39, 0.29) is 29.5 Å². The Balaban J connectivity index is 0.00000272. The number of nitrogens with zero attached hydrogens (tertiary/aromatic N) is 2. The summed E-state index contributed by atoms with van der Waals surface area (Å²) in [6.45, 7) is 3.23. The van der Waals surface area contributed by atoms with Gasteiger partial charge in [-0.05, 0) is 58.1 Å². The molecule has 3 N–H and O–H groups in total. The molecule has 3 unspecified atom stereocenters. The molecule has 1 saturated carbocycles. The summed E-state index contributed by atoms with van der Waals surface area (Å²) in [5.41, 5.74) is 1.51. The quantitative estimate of drug-likeness (QED) is 0.284. The van der Waals surface area contributed by atoms with E-state index in [0.717, 1.165) is 24.6 Å². The lowest BCUT2D eigenvalue weighted by atomic mass is 9.82. The molecule has 0 spiro atoms. The Morgan fingerprint density at radius 1 is 1.10 bits per heavy atom. The van der Waals surface area contributed by atoms with Gasteiger partial charge in [0.1, 0.15) is 0 Å². The minimum atomic E-state index is 0. The number of nitrogens with one attached hydrogen (secondary N) is 3. The molecule has 0 radical (unpaired) electrons. The molecule has 2 saturated heterocycles. The van der Waals surface area contributed by atoms with Gasteiger partial charge >= 0.3 is 0 Å². The summed E-state index contributed by atoms with van der Waals surface area (Å²) in [4.78, 5) is 7.20. The third-order valence-electron chi connectivity index (χ3n) is 7.88. The molecule has 31 heavy (non-hydrogen) atoms. The highest BCUT2D eigenvalue weighted by molar-refractivity contribution is 14.0. The smallest absolute Gasteiger partial charge is 0.191 e. The third-order valence-corrected chi connectivity index (χ3v) is 7.88. The summed E-state index contributed by atoms with van der Waals surface area (Å²) in [7, 11) is 4.23. The van der Waals surface area contributed by atoms with Crippen LogP contribution < -0.4 is 16.0 Å². The molecule has 2 aliphatic heterocycles. The Morgan fingerprint density at radius 3 is 2.35 bits per heavy atom. The minimum absolute atomic E-state index is 0. The summed E-state index contributed by atoms with van der Waals surface area (Å²) in [5, 5.41) is 11.4. The van der Waals surface area contributed by atoms with Crippen LogP contribution in [0.25, 0.3) is 0 Å². The molecule has 2 heterocycles. The average Bonchev–Trinajstić information content (AvgIpc) is 3.21. The van der Waals surface area contributed by atoms with E-state index in [2.05, 4.69) is 70.1 Å². The maximum atomic E-state index is 4.58. The second kappa shape index (κ2) is 11.3. The SMILES string of the molecule is CN=C(NCC1(NC(C)c2ccccc2)CCCC1)NC1CC2CCCC(C1)N2C.I. The molecular weight excluding hydrogens is 497 g/mol. The molecule has 174 valence electrons. The number of hydrogen-bond donors (Lipinski definition) is 3. The van der Waals surface area contributed by atoms with E-state index in [1.165, 1.54) is 63.4 Å². The minimum Gasteiger partial charge on any atom is -0.355 e. The highest BCUT2D eigenvalue weighted by Gasteiger charge is 2.37. The van der Waals surface area contributed by atoms with Crippen LogP contribution in [0.4, 0.5) is 0 Å². The first-order valence-corrected chi connectivity index (χ1v) is 12.1. The van der Waals surface area contributed by atoms with E-state index < -0.39 is 0 Å². The average molecular weight is 540 g/mol. The third kappa shape index (κ3) is 6.14. The van der Waals surface area contributed by atoms with E-state index >= 15 is 0 Å². The molecule has 4 rings (SSSR count). The van der Waals surface area contributed by atoms with Crippen molar-refractivity contribution >= 4 is 29.9 Å². The van der Waals surface area contributed by atoms with Crippen molar-refractivity contribution in [3.05, 3.63) is 35.9 Å². The van der Waals surface area contributed by atoms with Gasteiger partial charge in [-0.1, -0.05) is 49.6 Å². The maximum Gasteiger partial charge on any atom is 0.191 e. The fourth-order valence-electron chi connectivity index (χ4n) is 6.08. The lowest BCUT2D eigenvalue weighted by Crippen LogP contribution is -2.58. The fourth-order valence-corrected chi connectivity index (χ4v) is 6.08. The van der Waals surface area contributed by atoms with Crippen LogP contribution >= 0.6 is 24.0 Å². The number of aliphatic imine (C=N–C) groups is 1. The summed E-state index contributed by atoms with van der Waals surface area (Å²) in [6.07, 6.45) is 11.6. The van der Waals surface area contributed by atoms with Crippen LogP contribution in [-0.2, 0) is 0 Å². The number of guanidine groups is 1. The van der Waals surface area contributed by atoms with Gasteiger partial charge in [-0.3, -0.25) is 4.99 Å². The molecule has 3 atom stereocenters. The predicted octanol–water partition coefficient (Wildman–Crippen LogP) is 4.45. The van der Waals surface area contributed by atoms with Crippen molar-refractivity contribution in [2.24, 2.45) is 4.99 Å². The van der Waals surface area contributed by atoms with Crippen LogP contribution in [0.3, 0.4) is 0 Å². The predicted molar refractivity (Wildman–Crippen MR) is 141 cm³/mol. The molecule has 1 aliphatic carbocycles. The second-order valence-electron chi connectivity index (χ2n) is 9.91. The van der Waals surface area contributed by atoms with Gasteiger partial charge in [0, 0.05) is 43.3 Å². The zero-order valence-electron chi connectivity index (χ0n) is 19.6. The van der Waals surface area contributed by atoms with Gasteiger partial charge in [-0.15, -0.1) is 24.0 Å². The van der Waals surface area contributed by atoms with Crippen LogP contribution in [0.5, 0.6) is 0 Å². The Bertz CT molecular complexity index is 689. The Labute approximate surface area is 206 Å². The Hall–Kier alpha value is -0.860. The van der Waals surface area contributed by atoms with Gasteiger partial charge in [0.2, 0.25) is 0 Å². The van der Waals surface area contributed by atoms with Gasteiger partial charge in [0.25, 0.3) is 0 Å².